The number of primary amides is 1. The predicted molar refractivity (Wildman–Crippen MR) is 88.9 cm³/mol. The van der Waals surface area contributed by atoms with Crippen LogP contribution < -0.4 is 5.73 Å². The van der Waals surface area contributed by atoms with Gasteiger partial charge in [0.25, 0.3) is 5.91 Å². The molecule has 1 aromatic heterocycles. The van der Waals surface area contributed by atoms with E-state index >= 15 is 0 Å². The lowest BCUT2D eigenvalue weighted by molar-refractivity contribution is -0.123. The molecular formula is C18H20FN3O2. The smallest absolute Gasteiger partial charge is 0.254 e. The van der Waals surface area contributed by atoms with Crippen molar-refractivity contribution in [3.63, 3.8) is 0 Å². The van der Waals surface area contributed by atoms with Gasteiger partial charge in [0.15, 0.2) is 0 Å². The van der Waals surface area contributed by atoms with E-state index in [1.807, 2.05) is 6.92 Å². The molecule has 2 amide bonds. The fraction of sp³-hybridized carbons (Fsp3) is 0.389. The van der Waals surface area contributed by atoms with Crippen LogP contribution in [0.3, 0.4) is 0 Å². The highest BCUT2D eigenvalue weighted by molar-refractivity contribution is 6.06. The van der Waals surface area contributed by atoms with Crippen molar-refractivity contribution in [1.29, 1.82) is 0 Å². The number of aromatic nitrogens is 1. The second-order valence-corrected chi connectivity index (χ2v) is 6.46. The van der Waals surface area contributed by atoms with Gasteiger partial charge in [-0.3, -0.25) is 14.6 Å². The average molecular weight is 329 g/mol. The first-order chi connectivity index (χ1) is 11.4. The molecule has 1 fully saturated rings. The second-order valence-electron chi connectivity index (χ2n) is 6.46. The zero-order valence-corrected chi connectivity index (χ0v) is 13.8. The summed E-state index contributed by atoms with van der Waals surface area (Å²) in [5.41, 5.74) is 7.00. The average Bonchev–Trinajstić information content (AvgIpc) is 2.53. The Morgan fingerprint density at radius 3 is 2.75 bits per heavy atom. The highest BCUT2D eigenvalue weighted by Crippen LogP contribution is 2.27. The maximum atomic E-state index is 13.5. The van der Waals surface area contributed by atoms with Gasteiger partial charge in [-0.05, 0) is 44.9 Å². The first-order valence-electron chi connectivity index (χ1n) is 8.04. The van der Waals surface area contributed by atoms with E-state index in [0.717, 1.165) is 6.42 Å². The first-order valence-corrected chi connectivity index (χ1v) is 8.04. The Morgan fingerprint density at radius 2 is 2.04 bits per heavy atom. The summed E-state index contributed by atoms with van der Waals surface area (Å²) < 4.78 is 13.5. The minimum atomic E-state index is -0.390. The summed E-state index contributed by atoms with van der Waals surface area (Å²) in [5.74, 6) is -1.26. The summed E-state index contributed by atoms with van der Waals surface area (Å²) in [6, 6.07) is 5.96. The van der Waals surface area contributed by atoms with E-state index in [-0.39, 0.29) is 29.6 Å². The van der Waals surface area contributed by atoms with Crippen LogP contribution in [0.4, 0.5) is 4.39 Å². The molecule has 0 unspecified atom stereocenters. The molecule has 0 spiro atoms. The summed E-state index contributed by atoms with van der Waals surface area (Å²) in [5, 5.41) is 0.611. The number of hydrogen-bond donors (Lipinski definition) is 1. The molecule has 5 nitrogen and oxygen atoms in total. The minimum Gasteiger partial charge on any atom is -0.369 e. The van der Waals surface area contributed by atoms with Crippen LogP contribution in [0.2, 0.25) is 0 Å². The van der Waals surface area contributed by atoms with E-state index < -0.39 is 0 Å². The van der Waals surface area contributed by atoms with Crippen LogP contribution in [0.5, 0.6) is 0 Å². The molecule has 1 aliphatic heterocycles. The number of carbonyl (C=O) groups excluding carboxylic acids is 2. The third-order valence-corrected chi connectivity index (χ3v) is 4.68. The van der Waals surface area contributed by atoms with Crippen molar-refractivity contribution in [3.8, 4) is 0 Å². The summed E-state index contributed by atoms with van der Waals surface area (Å²) in [4.78, 5) is 30.6. The zero-order valence-electron chi connectivity index (χ0n) is 13.8. The van der Waals surface area contributed by atoms with Crippen molar-refractivity contribution < 1.29 is 14.0 Å². The van der Waals surface area contributed by atoms with Crippen molar-refractivity contribution in [2.24, 2.45) is 11.7 Å². The molecule has 0 bridgehead atoms. The molecule has 2 atom stereocenters. The normalized spacial score (nSPS) is 21.0. The van der Waals surface area contributed by atoms with Gasteiger partial charge in [-0.15, -0.1) is 0 Å². The van der Waals surface area contributed by atoms with Crippen molar-refractivity contribution >= 4 is 22.7 Å². The molecule has 126 valence electrons. The zero-order chi connectivity index (χ0) is 17.4. The van der Waals surface area contributed by atoms with Crippen LogP contribution >= 0.6 is 0 Å². The van der Waals surface area contributed by atoms with E-state index in [1.165, 1.54) is 12.1 Å². The predicted octanol–water partition coefficient (Wildman–Crippen LogP) is 2.41. The van der Waals surface area contributed by atoms with Gasteiger partial charge < -0.3 is 10.6 Å². The Morgan fingerprint density at radius 1 is 1.29 bits per heavy atom. The molecule has 1 saturated heterocycles. The van der Waals surface area contributed by atoms with E-state index in [9.17, 15) is 14.0 Å². The second kappa shape index (κ2) is 6.19. The van der Waals surface area contributed by atoms with Crippen LogP contribution in [0.25, 0.3) is 10.9 Å². The van der Waals surface area contributed by atoms with E-state index in [4.69, 9.17) is 5.73 Å². The number of carbonyl (C=O) groups is 2. The maximum absolute atomic E-state index is 13.5. The van der Waals surface area contributed by atoms with Crippen molar-refractivity contribution in [2.45, 2.75) is 32.7 Å². The Hall–Kier alpha value is -2.50. The molecular weight excluding hydrogens is 309 g/mol. The van der Waals surface area contributed by atoms with Gasteiger partial charge in [0.1, 0.15) is 5.82 Å². The summed E-state index contributed by atoms with van der Waals surface area (Å²) in [6.45, 7) is 4.05. The van der Waals surface area contributed by atoms with E-state index in [2.05, 4.69) is 4.98 Å². The fourth-order valence-electron chi connectivity index (χ4n) is 3.29. The molecule has 1 aliphatic rings. The van der Waals surface area contributed by atoms with Gasteiger partial charge >= 0.3 is 0 Å². The monoisotopic (exact) mass is 329 g/mol. The SMILES string of the molecule is Cc1cc(C(=O)N2C[C@@H](C(N)=O)CC[C@@H]2C)c2ccc(F)cc2n1. The lowest BCUT2D eigenvalue weighted by Crippen LogP contribution is -2.48. The minimum absolute atomic E-state index is 0.0251. The Labute approximate surface area is 139 Å². The van der Waals surface area contributed by atoms with Gasteiger partial charge in [0, 0.05) is 29.7 Å². The number of amides is 2. The number of aryl methyl sites for hydroxylation is 1. The summed E-state index contributed by atoms with van der Waals surface area (Å²) in [6.07, 6.45) is 1.43. The summed E-state index contributed by atoms with van der Waals surface area (Å²) in [7, 11) is 0. The fourth-order valence-corrected chi connectivity index (χ4v) is 3.29. The quantitative estimate of drug-likeness (QED) is 0.919. The summed E-state index contributed by atoms with van der Waals surface area (Å²) >= 11 is 0. The first kappa shape index (κ1) is 16.4. The number of pyridine rings is 1. The number of halogens is 1. The van der Waals surface area contributed by atoms with Crippen LogP contribution in [0, 0.1) is 18.7 Å². The molecule has 2 aromatic rings. The molecule has 0 aliphatic carbocycles. The number of nitrogens with zero attached hydrogens (tertiary/aromatic N) is 2. The van der Waals surface area contributed by atoms with Gasteiger partial charge in [0.05, 0.1) is 17.0 Å². The third-order valence-electron chi connectivity index (χ3n) is 4.68. The Balaban J connectivity index is 2.03. The lowest BCUT2D eigenvalue weighted by atomic mass is 9.92. The molecule has 2 N–H and O–H groups in total. The van der Waals surface area contributed by atoms with Gasteiger partial charge in [-0.1, -0.05) is 0 Å². The van der Waals surface area contributed by atoms with E-state index in [1.54, 1.807) is 24.0 Å². The van der Waals surface area contributed by atoms with Crippen LogP contribution in [0.15, 0.2) is 24.3 Å². The number of likely N-dealkylation sites (tertiary alicyclic amines) is 1. The number of rotatable bonds is 2. The Bertz CT molecular complexity index is 816. The van der Waals surface area contributed by atoms with E-state index in [0.29, 0.717) is 35.1 Å². The van der Waals surface area contributed by atoms with Crippen molar-refractivity contribution in [3.05, 3.63) is 41.3 Å². The lowest BCUT2D eigenvalue weighted by Gasteiger charge is -2.37. The molecule has 6 heteroatoms. The highest BCUT2D eigenvalue weighted by Gasteiger charge is 2.32. The molecule has 24 heavy (non-hydrogen) atoms. The molecule has 3 rings (SSSR count). The number of nitrogens with two attached hydrogens (primary N) is 1. The highest BCUT2D eigenvalue weighted by atomic mass is 19.1. The van der Waals surface area contributed by atoms with Gasteiger partial charge in [-0.25, -0.2) is 4.39 Å². The van der Waals surface area contributed by atoms with Crippen molar-refractivity contribution in [1.82, 2.24) is 9.88 Å². The topological polar surface area (TPSA) is 76.3 Å². The van der Waals surface area contributed by atoms with Gasteiger partial charge in [-0.2, -0.15) is 0 Å². The number of benzene rings is 1. The molecule has 0 radical (unpaired) electrons. The molecule has 2 heterocycles. The van der Waals surface area contributed by atoms with Crippen LogP contribution in [-0.2, 0) is 4.79 Å². The van der Waals surface area contributed by atoms with Gasteiger partial charge in [0.2, 0.25) is 5.91 Å². The van der Waals surface area contributed by atoms with Crippen LogP contribution in [-0.4, -0.2) is 34.3 Å². The third kappa shape index (κ3) is 2.96. The molecule has 0 saturated carbocycles. The number of hydrogen-bond acceptors (Lipinski definition) is 3. The maximum Gasteiger partial charge on any atom is 0.254 e. The van der Waals surface area contributed by atoms with Crippen molar-refractivity contribution in [2.75, 3.05) is 6.54 Å². The molecule has 1 aromatic carbocycles. The number of piperidine rings is 1. The standard InChI is InChI=1S/C18H20FN3O2/c1-10-7-15(14-6-5-13(19)8-16(14)21-10)18(24)22-9-12(17(20)23)4-3-11(22)2/h5-8,11-12H,3-4,9H2,1-2H3,(H2,20,23)/t11-,12-/m0/s1. The van der Waals surface area contributed by atoms with Crippen LogP contribution in [0.1, 0.15) is 35.8 Å². The number of fused-ring (bicyclic) bond motifs is 1. The Kier molecular flexibility index (Phi) is 4.22. The largest absolute Gasteiger partial charge is 0.369 e.